The van der Waals surface area contributed by atoms with Crippen molar-refractivity contribution >= 4 is 5.97 Å². The number of benzene rings is 1. The van der Waals surface area contributed by atoms with Gasteiger partial charge in [-0.3, -0.25) is 4.79 Å². The molecule has 1 atom stereocenters. The molecule has 0 saturated carbocycles. The number of hydrogen-bond acceptors (Lipinski definition) is 3. The Balaban J connectivity index is 2.39. The van der Waals surface area contributed by atoms with Crippen LogP contribution in [0.15, 0.2) is 18.2 Å². The minimum absolute atomic E-state index is 0.140. The van der Waals surface area contributed by atoms with Gasteiger partial charge in [-0.25, -0.2) is 0 Å². The number of rotatable bonds is 7. The zero-order valence-corrected chi connectivity index (χ0v) is 12.4. The number of carbonyl (C=O) groups is 1. The van der Waals surface area contributed by atoms with Crippen LogP contribution in [-0.4, -0.2) is 25.8 Å². The second-order valence-corrected chi connectivity index (χ2v) is 4.94. The van der Waals surface area contributed by atoms with Gasteiger partial charge in [0, 0.05) is 20.5 Å². The molecule has 3 nitrogen and oxygen atoms in total. The molecule has 0 amide bonds. The molecule has 1 aromatic carbocycles. The van der Waals surface area contributed by atoms with E-state index in [0.717, 1.165) is 19.3 Å². The lowest BCUT2D eigenvalue weighted by atomic mass is 10.0. The first kappa shape index (κ1) is 15.7. The summed E-state index contributed by atoms with van der Waals surface area (Å²) in [5.41, 5.74) is 3.98. The average Bonchev–Trinajstić information content (AvgIpc) is 2.37. The van der Waals surface area contributed by atoms with Crippen LogP contribution in [0.25, 0.3) is 0 Å². The molecule has 106 valence electrons. The van der Waals surface area contributed by atoms with Crippen molar-refractivity contribution in [3.8, 4) is 0 Å². The summed E-state index contributed by atoms with van der Waals surface area (Å²) in [6, 6.07) is 6.56. The molecule has 0 aliphatic carbocycles. The van der Waals surface area contributed by atoms with Crippen LogP contribution in [0.5, 0.6) is 0 Å². The maximum absolute atomic E-state index is 10.7. The van der Waals surface area contributed by atoms with Gasteiger partial charge in [0.1, 0.15) is 0 Å². The second-order valence-electron chi connectivity index (χ2n) is 4.94. The minimum Gasteiger partial charge on any atom is -0.466 e. The third-order valence-electron chi connectivity index (χ3n) is 3.40. The number of esters is 1. The fourth-order valence-electron chi connectivity index (χ4n) is 2.00. The molecule has 0 aliphatic rings. The molecule has 1 aromatic rings. The van der Waals surface area contributed by atoms with E-state index in [1.807, 2.05) is 0 Å². The van der Waals surface area contributed by atoms with Crippen LogP contribution in [0.1, 0.15) is 36.5 Å². The van der Waals surface area contributed by atoms with Gasteiger partial charge in [-0.15, -0.1) is 0 Å². The standard InChI is InChI=1S/C16H24O3/c1-12-5-6-15(11-13(12)2)7-8-16(18-4)9-10-19-14(3)17/h5-6,11,16H,7-10H2,1-4H3. The molecule has 0 radical (unpaired) electrons. The van der Waals surface area contributed by atoms with E-state index in [2.05, 4.69) is 32.0 Å². The molecular weight excluding hydrogens is 240 g/mol. The lowest BCUT2D eigenvalue weighted by molar-refractivity contribution is -0.141. The molecule has 1 rings (SSSR count). The van der Waals surface area contributed by atoms with Crippen LogP contribution in [0.4, 0.5) is 0 Å². The van der Waals surface area contributed by atoms with Gasteiger partial charge in [0.2, 0.25) is 0 Å². The van der Waals surface area contributed by atoms with Gasteiger partial charge in [0.05, 0.1) is 12.7 Å². The van der Waals surface area contributed by atoms with Gasteiger partial charge in [0.15, 0.2) is 0 Å². The summed E-state index contributed by atoms with van der Waals surface area (Å²) in [6.07, 6.45) is 2.82. The largest absolute Gasteiger partial charge is 0.466 e. The third-order valence-corrected chi connectivity index (χ3v) is 3.40. The van der Waals surface area contributed by atoms with Gasteiger partial charge in [-0.05, 0) is 43.4 Å². The Bertz CT molecular complexity index is 412. The fourth-order valence-corrected chi connectivity index (χ4v) is 2.00. The highest BCUT2D eigenvalue weighted by atomic mass is 16.5. The van der Waals surface area contributed by atoms with Crippen LogP contribution in [0.2, 0.25) is 0 Å². The van der Waals surface area contributed by atoms with Gasteiger partial charge in [-0.1, -0.05) is 18.2 Å². The molecule has 0 aliphatic heterocycles. The quantitative estimate of drug-likeness (QED) is 0.709. The van der Waals surface area contributed by atoms with Crippen molar-refractivity contribution in [2.75, 3.05) is 13.7 Å². The predicted octanol–water partition coefficient (Wildman–Crippen LogP) is 3.20. The molecular formula is C16H24O3. The van der Waals surface area contributed by atoms with Gasteiger partial charge in [0.25, 0.3) is 0 Å². The molecule has 1 unspecified atom stereocenters. The summed E-state index contributed by atoms with van der Waals surface area (Å²) >= 11 is 0. The van der Waals surface area contributed by atoms with Crippen molar-refractivity contribution in [3.05, 3.63) is 34.9 Å². The molecule has 0 fully saturated rings. The van der Waals surface area contributed by atoms with Crippen LogP contribution < -0.4 is 0 Å². The maximum Gasteiger partial charge on any atom is 0.302 e. The van der Waals surface area contributed by atoms with E-state index < -0.39 is 0 Å². The monoisotopic (exact) mass is 264 g/mol. The highest BCUT2D eigenvalue weighted by molar-refractivity contribution is 5.65. The normalized spacial score (nSPS) is 12.2. The van der Waals surface area contributed by atoms with Crippen LogP contribution in [0, 0.1) is 13.8 Å². The van der Waals surface area contributed by atoms with Crippen LogP contribution >= 0.6 is 0 Å². The Kier molecular flexibility index (Phi) is 6.57. The first-order valence-corrected chi connectivity index (χ1v) is 6.75. The molecule has 0 saturated heterocycles. The molecule has 0 N–H and O–H groups in total. The molecule has 19 heavy (non-hydrogen) atoms. The van der Waals surface area contributed by atoms with Crippen molar-refractivity contribution < 1.29 is 14.3 Å². The van der Waals surface area contributed by atoms with Crippen molar-refractivity contribution in [1.82, 2.24) is 0 Å². The number of aryl methyl sites for hydroxylation is 3. The topological polar surface area (TPSA) is 35.5 Å². The van der Waals surface area contributed by atoms with E-state index in [0.29, 0.717) is 6.61 Å². The summed E-state index contributed by atoms with van der Waals surface area (Å²) in [7, 11) is 1.71. The summed E-state index contributed by atoms with van der Waals surface area (Å²) in [5, 5.41) is 0. The number of ether oxygens (including phenoxy) is 2. The zero-order chi connectivity index (χ0) is 14.3. The Hall–Kier alpha value is -1.35. The maximum atomic E-state index is 10.7. The van der Waals surface area contributed by atoms with E-state index >= 15 is 0 Å². The van der Waals surface area contributed by atoms with E-state index in [4.69, 9.17) is 9.47 Å². The Morgan fingerprint density at radius 3 is 2.53 bits per heavy atom. The first-order valence-electron chi connectivity index (χ1n) is 6.75. The van der Waals surface area contributed by atoms with Gasteiger partial charge >= 0.3 is 5.97 Å². The highest BCUT2D eigenvalue weighted by Gasteiger charge is 2.09. The van der Waals surface area contributed by atoms with Crippen LogP contribution in [-0.2, 0) is 20.7 Å². The van der Waals surface area contributed by atoms with Gasteiger partial charge < -0.3 is 9.47 Å². The van der Waals surface area contributed by atoms with E-state index in [1.165, 1.54) is 23.6 Å². The van der Waals surface area contributed by atoms with Crippen molar-refractivity contribution in [2.24, 2.45) is 0 Å². The molecule has 0 spiro atoms. The lowest BCUT2D eigenvalue weighted by Gasteiger charge is -2.15. The smallest absolute Gasteiger partial charge is 0.302 e. The van der Waals surface area contributed by atoms with Crippen LogP contribution in [0.3, 0.4) is 0 Å². The molecule has 3 heteroatoms. The molecule has 0 aromatic heterocycles. The number of methoxy groups -OCH3 is 1. The average molecular weight is 264 g/mol. The summed E-state index contributed by atoms with van der Waals surface area (Å²) < 4.78 is 10.4. The van der Waals surface area contributed by atoms with Crippen molar-refractivity contribution in [2.45, 2.75) is 46.1 Å². The lowest BCUT2D eigenvalue weighted by Crippen LogP contribution is -2.16. The summed E-state index contributed by atoms with van der Waals surface area (Å²) in [5.74, 6) is -0.232. The summed E-state index contributed by atoms with van der Waals surface area (Å²) in [6.45, 7) is 6.11. The number of hydrogen-bond donors (Lipinski definition) is 0. The molecule has 0 heterocycles. The molecule has 0 bridgehead atoms. The zero-order valence-electron chi connectivity index (χ0n) is 12.4. The Morgan fingerprint density at radius 2 is 1.95 bits per heavy atom. The predicted molar refractivity (Wildman–Crippen MR) is 76.3 cm³/mol. The van der Waals surface area contributed by atoms with Gasteiger partial charge in [-0.2, -0.15) is 0 Å². The Morgan fingerprint density at radius 1 is 1.21 bits per heavy atom. The summed E-state index contributed by atoms with van der Waals surface area (Å²) in [4.78, 5) is 10.7. The number of carbonyl (C=O) groups excluding carboxylic acids is 1. The van der Waals surface area contributed by atoms with E-state index in [-0.39, 0.29) is 12.1 Å². The fraction of sp³-hybridized carbons (Fsp3) is 0.562. The second kappa shape index (κ2) is 7.95. The van der Waals surface area contributed by atoms with Crippen molar-refractivity contribution in [1.29, 1.82) is 0 Å². The van der Waals surface area contributed by atoms with E-state index in [9.17, 15) is 4.79 Å². The van der Waals surface area contributed by atoms with E-state index in [1.54, 1.807) is 7.11 Å². The highest BCUT2D eigenvalue weighted by Crippen LogP contribution is 2.14. The third kappa shape index (κ3) is 5.88. The SMILES string of the molecule is COC(CCOC(C)=O)CCc1ccc(C)c(C)c1. The minimum atomic E-state index is -0.232. The Labute approximate surface area is 115 Å². The van der Waals surface area contributed by atoms with Crippen molar-refractivity contribution in [3.63, 3.8) is 0 Å². The first-order chi connectivity index (χ1) is 9.02.